The summed E-state index contributed by atoms with van der Waals surface area (Å²) in [5.41, 5.74) is 0.211. The van der Waals surface area contributed by atoms with Crippen molar-refractivity contribution in [3.05, 3.63) is 35.5 Å². The van der Waals surface area contributed by atoms with E-state index in [2.05, 4.69) is 20.0 Å². The van der Waals surface area contributed by atoms with Crippen LogP contribution >= 0.6 is 11.6 Å². The van der Waals surface area contributed by atoms with Crippen LogP contribution in [0.4, 0.5) is 5.82 Å². The molecule has 0 spiro atoms. The zero-order chi connectivity index (χ0) is 15.6. The zero-order valence-electron chi connectivity index (χ0n) is 11.2. The first-order valence-corrected chi connectivity index (χ1v) is 7.59. The summed E-state index contributed by atoms with van der Waals surface area (Å²) in [5, 5.41) is 2.36. The molecular weight excluding hydrogens is 318 g/mol. The second-order valence-corrected chi connectivity index (χ2v) is 6.09. The summed E-state index contributed by atoms with van der Waals surface area (Å²) in [6, 6.07) is 1.26. The number of hydrogen-bond acceptors (Lipinski definition) is 5. The topological polar surface area (TPSA) is 106 Å². The van der Waals surface area contributed by atoms with Gasteiger partial charge in [0.05, 0.1) is 0 Å². The molecule has 112 valence electrons. The molecule has 21 heavy (non-hydrogen) atoms. The fraction of sp³-hybridized carbons (Fsp3) is 0.182. The number of nitrogens with zero attached hydrogens (tertiary/aromatic N) is 3. The van der Waals surface area contributed by atoms with Crippen molar-refractivity contribution >= 4 is 33.3 Å². The van der Waals surface area contributed by atoms with E-state index in [0.29, 0.717) is 0 Å². The van der Waals surface area contributed by atoms with E-state index in [-0.39, 0.29) is 21.6 Å². The Balaban J connectivity index is 2.37. The molecule has 0 unspecified atom stereocenters. The molecule has 2 heterocycles. The van der Waals surface area contributed by atoms with Crippen LogP contribution in [0.25, 0.3) is 0 Å². The van der Waals surface area contributed by atoms with E-state index < -0.39 is 15.9 Å². The lowest BCUT2D eigenvalue weighted by Crippen LogP contribution is -2.20. The summed E-state index contributed by atoms with van der Waals surface area (Å²) in [5.74, 6) is -0.471. The van der Waals surface area contributed by atoms with Gasteiger partial charge in [0.25, 0.3) is 15.9 Å². The van der Waals surface area contributed by atoms with Crippen LogP contribution in [-0.4, -0.2) is 35.9 Å². The average Bonchev–Trinajstić information content (AvgIpc) is 2.83. The van der Waals surface area contributed by atoms with Crippen LogP contribution in [0.15, 0.2) is 29.6 Å². The molecule has 0 aliphatic heterocycles. The minimum atomic E-state index is -3.92. The van der Waals surface area contributed by atoms with Crippen molar-refractivity contribution < 1.29 is 13.2 Å². The third-order valence-corrected chi connectivity index (χ3v) is 4.22. The maximum absolute atomic E-state index is 12.2. The first-order chi connectivity index (χ1) is 9.85. The van der Waals surface area contributed by atoms with Crippen LogP contribution in [0.2, 0.25) is 5.15 Å². The zero-order valence-corrected chi connectivity index (χ0v) is 12.7. The number of nitrogens with one attached hydrogen (secondary N) is 2. The summed E-state index contributed by atoms with van der Waals surface area (Å²) in [4.78, 5) is 19.0. The van der Waals surface area contributed by atoms with Crippen molar-refractivity contribution in [3.63, 3.8) is 0 Å². The van der Waals surface area contributed by atoms with Crippen molar-refractivity contribution in [2.24, 2.45) is 7.05 Å². The molecule has 0 saturated carbocycles. The van der Waals surface area contributed by atoms with Crippen molar-refractivity contribution in [2.75, 3.05) is 11.8 Å². The fourth-order valence-electron chi connectivity index (χ4n) is 1.61. The Labute approximate surface area is 126 Å². The van der Waals surface area contributed by atoms with E-state index in [9.17, 15) is 13.2 Å². The van der Waals surface area contributed by atoms with Gasteiger partial charge in [-0.15, -0.1) is 0 Å². The number of carbonyl (C=O) groups is 1. The molecule has 1 amide bonds. The van der Waals surface area contributed by atoms with Crippen molar-refractivity contribution in [2.45, 2.75) is 4.90 Å². The van der Waals surface area contributed by atoms with Gasteiger partial charge in [-0.1, -0.05) is 11.6 Å². The van der Waals surface area contributed by atoms with Gasteiger partial charge in [-0.2, -0.15) is 0 Å². The smallest absolute Gasteiger partial charge is 0.267 e. The van der Waals surface area contributed by atoms with Crippen LogP contribution in [0.3, 0.4) is 0 Å². The molecule has 0 fully saturated rings. The first kappa shape index (κ1) is 15.3. The summed E-state index contributed by atoms with van der Waals surface area (Å²) >= 11 is 5.76. The van der Waals surface area contributed by atoms with Gasteiger partial charge in [0.2, 0.25) is 0 Å². The molecule has 0 radical (unpaired) electrons. The minimum absolute atomic E-state index is 0.0662. The molecule has 0 aliphatic carbocycles. The summed E-state index contributed by atoms with van der Waals surface area (Å²) in [6.07, 6.45) is 3.97. The Hall–Kier alpha value is -2.13. The summed E-state index contributed by atoms with van der Waals surface area (Å²) < 4.78 is 28.1. The quantitative estimate of drug-likeness (QED) is 0.855. The Morgan fingerprint density at radius 1 is 1.33 bits per heavy atom. The van der Waals surface area contributed by atoms with Gasteiger partial charge in [-0.3, -0.25) is 9.52 Å². The number of carbonyl (C=O) groups excluding carboxylic acids is 1. The molecule has 2 N–H and O–H groups in total. The van der Waals surface area contributed by atoms with Gasteiger partial charge in [0, 0.05) is 32.7 Å². The number of anilines is 1. The Morgan fingerprint density at radius 2 is 2.00 bits per heavy atom. The summed E-state index contributed by atoms with van der Waals surface area (Å²) in [7, 11) is -0.889. The van der Waals surface area contributed by atoms with E-state index in [0.717, 1.165) is 0 Å². The highest BCUT2D eigenvalue weighted by molar-refractivity contribution is 7.92. The van der Waals surface area contributed by atoms with Crippen molar-refractivity contribution in [1.82, 2.24) is 19.9 Å². The lowest BCUT2D eigenvalue weighted by molar-refractivity contribution is 0.0955. The van der Waals surface area contributed by atoms with Crippen molar-refractivity contribution in [3.8, 4) is 0 Å². The van der Waals surface area contributed by atoms with Crippen molar-refractivity contribution in [1.29, 1.82) is 0 Å². The van der Waals surface area contributed by atoms with Crippen LogP contribution in [0.5, 0.6) is 0 Å². The molecule has 2 aromatic heterocycles. The molecule has 2 rings (SSSR count). The lowest BCUT2D eigenvalue weighted by atomic mass is 10.4. The second-order valence-electron chi connectivity index (χ2n) is 4.05. The molecule has 2 aromatic rings. The van der Waals surface area contributed by atoms with E-state index in [1.807, 2.05) is 0 Å². The highest BCUT2D eigenvalue weighted by Crippen LogP contribution is 2.20. The standard InChI is InChI=1S/C11H12ClN5O3S/c1-13-11(18)8-5-7(6-17(8)2)21(19,20)16-10-9(12)14-3-4-15-10/h3-6H,1-2H3,(H,13,18)(H,15,16). The molecule has 0 aromatic carbocycles. The molecule has 0 aliphatic rings. The van der Waals surface area contributed by atoms with Gasteiger partial charge < -0.3 is 9.88 Å². The number of amides is 1. The number of aryl methyl sites for hydroxylation is 1. The molecular formula is C11H12ClN5O3S. The van der Waals surface area contributed by atoms with Crippen LogP contribution in [0.1, 0.15) is 10.5 Å². The van der Waals surface area contributed by atoms with E-state index in [1.165, 1.54) is 36.3 Å². The normalized spacial score (nSPS) is 11.2. The first-order valence-electron chi connectivity index (χ1n) is 5.73. The average molecular weight is 330 g/mol. The molecule has 10 heteroatoms. The highest BCUT2D eigenvalue weighted by atomic mass is 35.5. The summed E-state index contributed by atoms with van der Waals surface area (Å²) in [6.45, 7) is 0. The Kier molecular flexibility index (Phi) is 4.14. The van der Waals surface area contributed by atoms with Gasteiger partial charge in [0.15, 0.2) is 11.0 Å². The number of aromatic nitrogens is 3. The number of sulfonamides is 1. The number of hydrogen-bond donors (Lipinski definition) is 2. The van der Waals surface area contributed by atoms with Crippen LogP contribution in [-0.2, 0) is 17.1 Å². The van der Waals surface area contributed by atoms with E-state index in [4.69, 9.17) is 11.6 Å². The monoisotopic (exact) mass is 329 g/mol. The number of halogens is 1. The van der Waals surface area contributed by atoms with Gasteiger partial charge in [-0.05, 0) is 6.07 Å². The third kappa shape index (κ3) is 3.14. The second kappa shape index (κ2) is 5.70. The minimum Gasteiger partial charge on any atom is -0.354 e. The van der Waals surface area contributed by atoms with E-state index in [1.54, 1.807) is 7.05 Å². The number of rotatable bonds is 4. The SMILES string of the molecule is CNC(=O)c1cc(S(=O)(=O)Nc2nccnc2Cl)cn1C. The fourth-order valence-corrected chi connectivity index (χ4v) is 2.90. The molecule has 0 bridgehead atoms. The Morgan fingerprint density at radius 3 is 2.62 bits per heavy atom. The molecule has 0 saturated heterocycles. The molecule has 8 nitrogen and oxygen atoms in total. The lowest BCUT2D eigenvalue weighted by Gasteiger charge is -2.05. The van der Waals surface area contributed by atoms with Gasteiger partial charge in [-0.25, -0.2) is 18.4 Å². The van der Waals surface area contributed by atoms with Gasteiger partial charge >= 0.3 is 0 Å². The van der Waals surface area contributed by atoms with Gasteiger partial charge in [0.1, 0.15) is 10.6 Å². The largest absolute Gasteiger partial charge is 0.354 e. The predicted octanol–water partition coefficient (Wildman–Crippen LogP) is 0.629. The Bertz CT molecular complexity index is 787. The van der Waals surface area contributed by atoms with Crippen LogP contribution in [0, 0.1) is 0 Å². The highest BCUT2D eigenvalue weighted by Gasteiger charge is 2.21. The third-order valence-electron chi connectivity index (χ3n) is 2.63. The predicted molar refractivity (Wildman–Crippen MR) is 76.7 cm³/mol. The van der Waals surface area contributed by atoms with Crippen LogP contribution < -0.4 is 10.0 Å². The molecule has 0 atom stereocenters. The maximum atomic E-state index is 12.2. The van der Waals surface area contributed by atoms with E-state index >= 15 is 0 Å². The maximum Gasteiger partial charge on any atom is 0.267 e.